The van der Waals surface area contributed by atoms with Crippen LogP contribution in [0.4, 0.5) is 0 Å². The maximum absolute atomic E-state index is 4.90. The molecular formula is C28H19N3S. The van der Waals surface area contributed by atoms with Gasteiger partial charge in [0.25, 0.3) is 0 Å². The first-order valence-corrected chi connectivity index (χ1v) is 11.4. The number of aryl methyl sites for hydroxylation is 1. The van der Waals surface area contributed by atoms with Crippen LogP contribution < -0.4 is 0 Å². The Morgan fingerprint density at radius 1 is 0.531 bits per heavy atom. The summed E-state index contributed by atoms with van der Waals surface area (Å²) in [6, 6.07) is 33.7. The van der Waals surface area contributed by atoms with Gasteiger partial charge in [-0.15, -0.1) is 11.3 Å². The molecule has 0 aliphatic heterocycles. The highest BCUT2D eigenvalue weighted by Crippen LogP contribution is 2.39. The lowest BCUT2D eigenvalue weighted by Gasteiger charge is -2.08. The van der Waals surface area contributed by atoms with Gasteiger partial charge >= 0.3 is 0 Å². The fraction of sp³-hybridized carbons (Fsp3) is 0.0357. The van der Waals surface area contributed by atoms with E-state index >= 15 is 0 Å². The van der Waals surface area contributed by atoms with E-state index in [4.69, 9.17) is 9.97 Å². The molecule has 0 fully saturated rings. The molecule has 0 atom stereocenters. The van der Waals surface area contributed by atoms with E-state index in [1.807, 2.05) is 13.0 Å². The second kappa shape index (κ2) is 7.66. The molecule has 4 heteroatoms. The molecule has 2 heterocycles. The lowest BCUT2D eigenvalue weighted by atomic mass is 10.0. The molecule has 0 spiro atoms. The summed E-state index contributed by atoms with van der Waals surface area (Å²) in [7, 11) is 0. The predicted molar refractivity (Wildman–Crippen MR) is 134 cm³/mol. The van der Waals surface area contributed by atoms with Gasteiger partial charge < -0.3 is 0 Å². The lowest BCUT2D eigenvalue weighted by Crippen LogP contribution is -1.99. The first-order valence-electron chi connectivity index (χ1n) is 10.6. The van der Waals surface area contributed by atoms with E-state index in [1.54, 1.807) is 11.3 Å². The second-order valence-corrected chi connectivity index (χ2v) is 8.83. The van der Waals surface area contributed by atoms with Crippen molar-refractivity contribution in [3.8, 4) is 33.9 Å². The largest absolute Gasteiger partial charge is 0.213 e. The summed E-state index contributed by atoms with van der Waals surface area (Å²) >= 11 is 1.80. The molecule has 0 aliphatic carbocycles. The number of fused-ring (bicyclic) bond motifs is 3. The summed E-state index contributed by atoms with van der Waals surface area (Å²) in [5.41, 5.74) is 4.41. The molecule has 0 N–H and O–H groups in total. The maximum atomic E-state index is 4.90. The molecule has 0 amide bonds. The van der Waals surface area contributed by atoms with E-state index in [1.165, 1.54) is 31.3 Å². The first-order chi connectivity index (χ1) is 15.8. The van der Waals surface area contributed by atoms with Crippen molar-refractivity contribution in [2.75, 3.05) is 0 Å². The van der Waals surface area contributed by atoms with Crippen molar-refractivity contribution in [1.29, 1.82) is 0 Å². The molecule has 0 saturated carbocycles. The van der Waals surface area contributed by atoms with E-state index in [0.29, 0.717) is 17.5 Å². The van der Waals surface area contributed by atoms with Gasteiger partial charge in [0.05, 0.1) is 0 Å². The van der Waals surface area contributed by atoms with Crippen LogP contribution in [-0.2, 0) is 0 Å². The number of aromatic nitrogens is 3. The van der Waals surface area contributed by atoms with Crippen molar-refractivity contribution in [2.45, 2.75) is 6.92 Å². The highest BCUT2D eigenvalue weighted by atomic mass is 32.1. The zero-order chi connectivity index (χ0) is 21.5. The fourth-order valence-electron chi connectivity index (χ4n) is 4.13. The van der Waals surface area contributed by atoms with Crippen molar-refractivity contribution in [3.63, 3.8) is 0 Å². The van der Waals surface area contributed by atoms with E-state index in [0.717, 1.165) is 11.1 Å². The summed E-state index contributed by atoms with van der Waals surface area (Å²) < 4.78 is 2.52. The molecule has 4 aromatic carbocycles. The quantitative estimate of drug-likeness (QED) is 0.291. The minimum Gasteiger partial charge on any atom is -0.213 e. The van der Waals surface area contributed by atoms with Crippen LogP contribution in [0.5, 0.6) is 0 Å². The number of thiophene rings is 1. The molecule has 3 nitrogen and oxygen atoms in total. The Morgan fingerprint density at radius 2 is 1.19 bits per heavy atom. The van der Waals surface area contributed by atoms with Crippen molar-refractivity contribution in [2.24, 2.45) is 0 Å². The molecule has 0 radical (unpaired) electrons. The average Bonchev–Trinajstić information content (AvgIpc) is 3.23. The Morgan fingerprint density at radius 3 is 2.03 bits per heavy atom. The molecular weight excluding hydrogens is 410 g/mol. The zero-order valence-corrected chi connectivity index (χ0v) is 18.3. The van der Waals surface area contributed by atoms with Gasteiger partial charge in [0.2, 0.25) is 0 Å². The molecule has 6 aromatic rings. The zero-order valence-electron chi connectivity index (χ0n) is 17.5. The highest BCUT2D eigenvalue weighted by molar-refractivity contribution is 7.25. The maximum Gasteiger partial charge on any atom is 0.164 e. The Balaban J connectivity index is 1.48. The third kappa shape index (κ3) is 3.26. The topological polar surface area (TPSA) is 38.7 Å². The van der Waals surface area contributed by atoms with Crippen LogP contribution in [0.15, 0.2) is 97.1 Å². The van der Waals surface area contributed by atoms with Crippen molar-refractivity contribution in [3.05, 3.63) is 103 Å². The van der Waals surface area contributed by atoms with Gasteiger partial charge in [-0.3, -0.25) is 0 Å². The van der Waals surface area contributed by atoms with Crippen LogP contribution in [0.25, 0.3) is 54.1 Å². The Labute approximate surface area is 190 Å². The highest BCUT2D eigenvalue weighted by Gasteiger charge is 2.15. The molecule has 0 bridgehead atoms. The number of rotatable bonds is 3. The van der Waals surface area contributed by atoms with Crippen LogP contribution in [0.3, 0.4) is 0 Å². The molecule has 0 saturated heterocycles. The molecule has 0 aliphatic rings. The van der Waals surface area contributed by atoms with Gasteiger partial charge in [0.15, 0.2) is 11.6 Å². The van der Waals surface area contributed by atoms with Crippen LogP contribution in [0.2, 0.25) is 0 Å². The molecule has 0 unspecified atom stereocenters. The average molecular weight is 430 g/mol. The summed E-state index contributed by atoms with van der Waals surface area (Å²) in [4.78, 5) is 14.3. The van der Waals surface area contributed by atoms with Crippen LogP contribution in [0.1, 0.15) is 5.82 Å². The Hall–Kier alpha value is -3.89. The number of hydrogen-bond donors (Lipinski definition) is 0. The number of benzene rings is 4. The van der Waals surface area contributed by atoms with Crippen molar-refractivity contribution < 1.29 is 0 Å². The van der Waals surface area contributed by atoms with E-state index in [9.17, 15) is 0 Å². The minimum atomic E-state index is 0.698. The predicted octanol–water partition coefficient (Wildman–Crippen LogP) is 7.55. The van der Waals surface area contributed by atoms with Gasteiger partial charge in [-0.25, -0.2) is 15.0 Å². The van der Waals surface area contributed by atoms with E-state index in [-0.39, 0.29) is 0 Å². The summed E-state index contributed by atoms with van der Waals surface area (Å²) in [6.07, 6.45) is 0. The van der Waals surface area contributed by atoms with Crippen LogP contribution in [0, 0.1) is 6.92 Å². The fourth-order valence-corrected chi connectivity index (χ4v) is 5.27. The minimum absolute atomic E-state index is 0.698. The van der Waals surface area contributed by atoms with Crippen molar-refractivity contribution in [1.82, 2.24) is 15.0 Å². The number of nitrogens with zero attached hydrogens (tertiary/aromatic N) is 3. The lowest BCUT2D eigenvalue weighted by molar-refractivity contribution is 0.993. The first kappa shape index (κ1) is 18.8. The van der Waals surface area contributed by atoms with Crippen LogP contribution >= 0.6 is 11.3 Å². The summed E-state index contributed by atoms with van der Waals surface area (Å²) in [5, 5.41) is 2.46. The number of hydrogen-bond acceptors (Lipinski definition) is 4. The van der Waals surface area contributed by atoms with Gasteiger partial charge in [0, 0.05) is 31.3 Å². The monoisotopic (exact) mass is 429 g/mol. The van der Waals surface area contributed by atoms with Crippen molar-refractivity contribution >= 4 is 31.5 Å². The normalized spacial score (nSPS) is 11.3. The Kier molecular flexibility index (Phi) is 4.51. The molecule has 152 valence electrons. The van der Waals surface area contributed by atoms with Gasteiger partial charge in [-0.2, -0.15) is 0 Å². The van der Waals surface area contributed by atoms with E-state index in [2.05, 4.69) is 96.0 Å². The van der Waals surface area contributed by atoms with Gasteiger partial charge in [-0.05, 0) is 30.2 Å². The standard InChI is InChI=1S/C28H19N3S/c1-18-29-27(21-16-14-20(15-17-21)19-8-3-2-4-9-19)31-28(30-18)23-11-7-13-25-26(23)22-10-5-6-12-24(22)32-25/h2-17H,1H3. The van der Waals surface area contributed by atoms with Crippen LogP contribution in [-0.4, -0.2) is 15.0 Å². The van der Waals surface area contributed by atoms with E-state index < -0.39 is 0 Å². The molecule has 32 heavy (non-hydrogen) atoms. The summed E-state index contributed by atoms with van der Waals surface area (Å²) in [6.45, 7) is 1.93. The Bertz CT molecular complexity index is 1570. The third-order valence-electron chi connectivity index (χ3n) is 5.64. The van der Waals surface area contributed by atoms with Gasteiger partial charge in [-0.1, -0.05) is 84.9 Å². The smallest absolute Gasteiger partial charge is 0.164 e. The second-order valence-electron chi connectivity index (χ2n) is 7.75. The SMILES string of the molecule is Cc1nc(-c2ccc(-c3ccccc3)cc2)nc(-c2cccc3sc4ccccc4c23)n1. The van der Waals surface area contributed by atoms with Gasteiger partial charge in [0.1, 0.15) is 5.82 Å². The molecule has 6 rings (SSSR count). The summed E-state index contributed by atoms with van der Waals surface area (Å²) in [5.74, 6) is 2.13. The third-order valence-corrected chi connectivity index (χ3v) is 6.78. The molecule has 2 aromatic heterocycles.